The van der Waals surface area contributed by atoms with Crippen LogP contribution in [0, 0.1) is 0 Å². The van der Waals surface area contributed by atoms with Gasteiger partial charge in [-0.15, -0.1) is 0 Å². The third-order valence-corrected chi connectivity index (χ3v) is 3.39. The molecule has 0 amide bonds. The van der Waals surface area contributed by atoms with Gasteiger partial charge >= 0.3 is 0 Å². The van der Waals surface area contributed by atoms with Crippen LogP contribution in [0.4, 0.5) is 0 Å². The molecule has 1 unspecified atom stereocenters. The van der Waals surface area contributed by atoms with Crippen molar-refractivity contribution in [3.05, 3.63) is 35.4 Å². The van der Waals surface area contributed by atoms with Gasteiger partial charge in [-0.2, -0.15) is 0 Å². The quantitative estimate of drug-likeness (QED) is 0.838. The highest BCUT2D eigenvalue weighted by Gasteiger charge is 2.18. The van der Waals surface area contributed by atoms with Crippen LogP contribution in [0.3, 0.4) is 0 Å². The molecule has 0 spiro atoms. The molecule has 3 nitrogen and oxygen atoms in total. The van der Waals surface area contributed by atoms with Gasteiger partial charge in [0.15, 0.2) is 0 Å². The Morgan fingerprint density at radius 1 is 1.35 bits per heavy atom. The van der Waals surface area contributed by atoms with E-state index in [0.717, 1.165) is 13.1 Å². The van der Waals surface area contributed by atoms with Crippen molar-refractivity contribution in [2.45, 2.75) is 25.6 Å². The van der Waals surface area contributed by atoms with Crippen LogP contribution in [0.25, 0.3) is 0 Å². The molecule has 0 aromatic heterocycles. The molecule has 0 aliphatic carbocycles. The van der Waals surface area contributed by atoms with Gasteiger partial charge < -0.3 is 15.0 Å². The summed E-state index contributed by atoms with van der Waals surface area (Å²) in [5.41, 5.74) is 2.64. The van der Waals surface area contributed by atoms with Crippen molar-refractivity contribution in [2.24, 2.45) is 0 Å². The zero-order valence-corrected chi connectivity index (χ0v) is 10.8. The molecule has 1 heterocycles. The van der Waals surface area contributed by atoms with E-state index in [1.807, 2.05) is 0 Å². The molecule has 0 radical (unpaired) electrons. The number of likely N-dealkylation sites (N-methyl/N-ethyl adjacent to an activating group) is 1. The SMILES string of the molecule is COCc1ccccc1CNC1CCN(C)C1. The Bertz CT molecular complexity index is 354. The summed E-state index contributed by atoms with van der Waals surface area (Å²) in [7, 11) is 3.93. The van der Waals surface area contributed by atoms with Crippen molar-refractivity contribution in [3.63, 3.8) is 0 Å². The second kappa shape index (κ2) is 6.15. The molecule has 3 heteroatoms. The fourth-order valence-electron chi connectivity index (χ4n) is 2.38. The average Bonchev–Trinajstić information content (AvgIpc) is 2.74. The van der Waals surface area contributed by atoms with E-state index in [1.54, 1.807) is 7.11 Å². The fourth-order valence-corrected chi connectivity index (χ4v) is 2.38. The second-order valence-electron chi connectivity index (χ2n) is 4.83. The highest BCUT2D eigenvalue weighted by molar-refractivity contribution is 5.26. The number of hydrogen-bond donors (Lipinski definition) is 1. The smallest absolute Gasteiger partial charge is 0.0716 e. The van der Waals surface area contributed by atoms with Gasteiger partial charge in [-0.05, 0) is 31.1 Å². The van der Waals surface area contributed by atoms with Crippen LogP contribution < -0.4 is 5.32 Å². The summed E-state index contributed by atoms with van der Waals surface area (Å²) in [5.74, 6) is 0. The van der Waals surface area contributed by atoms with Gasteiger partial charge in [0.25, 0.3) is 0 Å². The molecule has 1 N–H and O–H groups in total. The van der Waals surface area contributed by atoms with E-state index in [0.29, 0.717) is 12.6 Å². The van der Waals surface area contributed by atoms with Crippen LogP contribution >= 0.6 is 0 Å². The first-order valence-corrected chi connectivity index (χ1v) is 6.27. The molecule has 1 atom stereocenters. The minimum absolute atomic E-state index is 0.635. The van der Waals surface area contributed by atoms with Gasteiger partial charge in [-0.3, -0.25) is 0 Å². The predicted molar refractivity (Wildman–Crippen MR) is 69.9 cm³/mol. The summed E-state index contributed by atoms with van der Waals surface area (Å²) < 4.78 is 5.22. The summed E-state index contributed by atoms with van der Waals surface area (Å²) in [6, 6.07) is 9.12. The maximum Gasteiger partial charge on any atom is 0.0716 e. The molecule has 1 aliphatic heterocycles. The lowest BCUT2D eigenvalue weighted by atomic mass is 10.1. The molecule has 1 fully saturated rings. The highest BCUT2D eigenvalue weighted by Crippen LogP contribution is 2.12. The first kappa shape index (κ1) is 12.6. The molecule has 1 aromatic rings. The van der Waals surface area contributed by atoms with Crippen molar-refractivity contribution < 1.29 is 4.74 Å². The predicted octanol–water partition coefficient (Wildman–Crippen LogP) is 1.63. The molecule has 1 aliphatic rings. The van der Waals surface area contributed by atoms with Crippen molar-refractivity contribution >= 4 is 0 Å². The van der Waals surface area contributed by atoms with Gasteiger partial charge in [0.1, 0.15) is 0 Å². The summed E-state index contributed by atoms with van der Waals surface area (Å²) in [6.07, 6.45) is 1.25. The molecule has 1 aromatic carbocycles. The van der Waals surface area contributed by atoms with Crippen molar-refractivity contribution in [1.29, 1.82) is 0 Å². The number of ether oxygens (including phenoxy) is 1. The van der Waals surface area contributed by atoms with E-state index in [-0.39, 0.29) is 0 Å². The van der Waals surface area contributed by atoms with E-state index in [4.69, 9.17) is 4.74 Å². The topological polar surface area (TPSA) is 24.5 Å². The van der Waals surface area contributed by atoms with Crippen LogP contribution in [-0.2, 0) is 17.9 Å². The lowest BCUT2D eigenvalue weighted by Crippen LogP contribution is -2.31. The third kappa shape index (κ3) is 3.53. The maximum atomic E-state index is 5.22. The van der Waals surface area contributed by atoms with E-state index >= 15 is 0 Å². The second-order valence-corrected chi connectivity index (χ2v) is 4.83. The first-order chi connectivity index (χ1) is 8.29. The van der Waals surface area contributed by atoms with Crippen LogP contribution in [0.1, 0.15) is 17.5 Å². The van der Waals surface area contributed by atoms with Gasteiger partial charge in [0.05, 0.1) is 6.61 Å². The normalized spacial score (nSPS) is 20.9. The number of hydrogen-bond acceptors (Lipinski definition) is 3. The molecular weight excluding hydrogens is 212 g/mol. The maximum absolute atomic E-state index is 5.22. The number of nitrogens with zero attached hydrogens (tertiary/aromatic N) is 1. The average molecular weight is 234 g/mol. The Kier molecular flexibility index (Phi) is 4.54. The Morgan fingerprint density at radius 2 is 2.12 bits per heavy atom. The third-order valence-electron chi connectivity index (χ3n) is 3.39. The first-order valence-electron chi connectivity index (χ1n) is 6.27. The Balaban J connectivity index is 1.89. The van der Waals surface area contributed by atoms with Crippen LogP contribution in [0.5, 0.6) is 0 Å². The largest absolute Gasteiger partial charge is 0.380 e. The van der Waals surface area contributed by atoms with E-state index in [2.05, 4.69) is 41.5 Å². The molecule has 17 heavy (non-hydrogen) atoms. The number of methoxy groups -OCH3 is 1. The van der Waals surface area contributed by atoms with E-state index in [9.17, 15) is 0 Å². The Hall–Kier alpha value is -0.900. The molecule has 0 saturated carbocycles. The van der Waals surface area contributed by atoms with Gasteiger partial charge in [0, 0.05) is 26.2 Å². The standard InChI is InChI=1S/C14H22N2O/c1-16-8-7-14(10-16)15-9-12-5-3-4-6-13(12)11-17-2/h3-6,14-15H,7-11H2,1-2H3. The highest BCUT2D eigenvalue weighted by atomic mass is 16.5. The number of nitrogens with one attached hydrogen (secondary N) is 1. The summed E-state index contributed by atoms with van der Waals surface area (Å²) in [6.45, 7) is 4.00. The zero-order valence-electron chi connectivity index (χ0n) is 10.8. The molecule has 94 valence electrons. The van der Waals surface area contributed by atoms with E-state index in [1.165, 1.54) is 24.1 Å². The van der Waals surface area contributed by atoms with Gasteiger partial charge in [-0.25, -0.2) is 0 Å². The van der Waals surface area contributed by atoms with Crippen LogP contribution in [0.15, 0.2) is 24.3 Å². The van der Waals surface area contributed by atoms with Gasteiger partial charge in [0.2, 0.25) is 0 Å². The number of rotatable bonds is 5. The fraction of sp³-hybridized carbons (Fsp3) is 0.571. The van der Waals surface area contributed by atoms with Crippen LogP contribution in [0.2, 0.25) is 0 Å². The van der Waals surface area contributed by atoms with Crippen molar-refractivity contribution in [3.8, 4) is 0 Å². The minimum atomic E-state index is 0.635. The molecule has 0 bridgehead atoms. The van der Waals surface area contributed by atoms with Crippen molar-refractivity contribution in [2.75, 3.05) is 27.2 Å². The van der Waals surface area contributed by atoms with Crippen LogP contribution in [-0.4, -0.2) is 38.2 Å². The Morgan fingerprint density at radius 3 is 2.76 bits per heavy atom. The number of benzene rings is 1. The van der Waals surface area contributed by atoms with E-state index < -0.39 is 0 Å². The lowest BCUT2D eigenvalue weighted by Gasteiger charge is -2.15. The lowest BCUT2D eigenvalue weighted by molar-refractivity contribution is 0.184. The monoisotopic (exact) mass is 234 g/mol. The number of likely N-dealkylation sites (tertiary alicyclic amines) is 1. The molecular formula is C14H22N2O. The summed E-state index contributed by atoms with van der Waals surface area (Å²) >= 11 is 0. The molecule has 2 rings (SSSR count). The summed E-state index contributed by atoms with van der Waals surface area (Å²) in [5, 5.41) is 3.63. The Labute approximate surface area is 104 Å². The zero-order chi connectivity index (χ0) is 12.1. The summed E-state index contributed by atoms with van der Waals surface area (Å²) in [4.78, 5) is 2.37. The van der Waals surface area contributed by atoms with Gasteiger partial charge in [-0.1, -0.05) is 24.3 Å². The van der Waals surface area contributed by atoms with Crippen molar-refractivity contribution in [1.82, 2.24) is 10.2 Å². The molecule has 1 saturated heterocycles. The minimum Gasteiger partial charge on any atom is -0.380 e.